The maximum absolute atomic E-state index is 5.56. The van der Waals surface area contributed by atoms with Gasteiger partial charge in [-0.2, -0.15) is 0 Å². The van der Waals surface area contributed by atoms with E-state index in [0.717, 1.165) is 25.1 Å². The van der Waals surface area contributed by atoms with E-state index in [1.54, 1.807) is 14.2 Å². The number of benzene rings is 1. The molecule has 4 heteroatoms. The molecule has 0 heterocycles. The molecular weight excluding hydrogens is 242 g/mol. The predicted molar refractivity (Wildman–Crippen MR) is 75.5 cm³/mol. The van der Waals surface area contributed by atoms with Gasteiger partial charge in [-0.1, -0.05) is 18.1 Å². The molecule has 1 aromatic rings. The van der Waals surface area contributed by atoms with Gasteiger partial charge in [0, 0.05) is 25.8 Å². The summed E-state index contributed by atoms with van der Waals surface area (Å²) >= 11 is 0. The molecule has 0 unspecified atom stereocenters. The maximum Gasteiger partial charge on any atom is 0.167 e. The molecule has 0 fully saturated rings. The quantitative estimate of drug-likeness (QED) is 0.545. The van der Waals surface area contributed by atoms with Crippen molar-refractivity contribution >= 4 is 0 Å². The molecule has 0 aromatic heterocycles. The van der Waals surface area contributed by atoms with E-state index in [2.05, 4.69) is 11.2 Å². The molecule has 0 aliphatic heterocycles. The fourth-order valence-corrected chi connectivity index (χ4v) is 1.70. The number of nitrogens with one attached hydrogen (secondary N) is 1. The molecule has 1 aromatic carbocycles. The monoisotopic (exact) mass is 263 g/mol. The minimum absolute atomic E-state index is 0.233. The zero-order chi connectivity index (χ0) is 13.9. The van der Waals surface area contributed by atoms with Crippen LogP contribution in [0.15, 0.2) is 18.2 Å². The third-order valence-corrected chi connectivity index (χ3v) is 2.60. The molecule has 19 heavy (non-hydrogen) atoms. The summed E-state index contributed by atoms with van der Waals surface area (Å²) in [6.45, 7) is 2.59. The smallest absolute Gasteiger partial charge is 0.167 e. The Morgan fingerprint density at radius 3 is 2.84 bits per heavy atom. The zero-order valence-corrected chi connectivity index (χ0v) is 11.6. The van der Waals surface area contributed by atoms with Crippen LogP contribution in [0.25, 0.3) is 0 Å². The number of terminal acetylenes is 1. The van der Waals surface area contributed by atoms with E-state index in [9.17, 15) is 0 Å². The number of hydrogen-bond donors (Lipinski definition) is 1. The summed E-state index contributed by atoms with van der Waals surface area (Å²) in [7, 11) is 3.32. The zero-order valence-electron chi connectivity index (χ0n) is 11.6. The summed E-state index contributed by atoms with van der Waals surface area (Å²) < 4.78 is 15.8. The Hall–Kier alpha value is -1.70. The van der Waals surface area contributed by atoms with E-state index in [0.29, 0.717) is 18.0 Å². The Labute approximate surface area is 115 Å². The molecule has 0 spiro atoms. The Morgan fingerprint density at radius 2 is 2.16 bits per heavy atom. The third kappa shape index (κ3) is 5.21. The molecule has 4 nitrogen and oxygen atoms in total. The molecule has 1 rings (SSSR count). The molecule has 0 saturated heterocycles. The Balaban J connectivity index is 2.62. The molecule has 104 valence electrons. The van der Waals surface area contributed by atoms with Crippen LogP contribution in [-0.2, 0) is 11.3 Å². The summed E-state index contributed by atoms with van der Waals surface area (Å²) in [5, 5.41) is 3.34. The fraction of sp³-hybridized carbons (Fsp3) is 0.467. The standard InChI is InChI=1S/C15H21NO3/c1-4-10-19-15-13(7-5-8-14(15)18-3)12-16-9-6-11-17-2/h1,5,7-8,16H,6,9-12H2,2-3H3. The highest BCUT2D eigenvalue weighted by Gasteiger charge is 2.09. The number of ether oxygens (including phenoxy) is 3. The minimum atomic E-state index is 0.233. The van der Waals surface area contributed by atoms with Gasteiger partial charge in [-0.25, -0.2) is 0 Å². The van der Waals surface area contributed by atoms with Gasteiger partial charge >= 0.3 is 0 Å². The third-order valence-electron chi connectivity index (χ3n) is 2.60. The van der Waals surface area contributed by atoms with Crippen molar-refractivity contribution < 1.29 is 14.2 Å². The lowest BCUT2D eigenvalue weighted by atomic mass is 10.2. The van der Waals surface area contributed by atoms with Crippen molar-refractivity contribution in [1.82, 2.24) is 5.32 Å². The number of methoxy groups -OCH3 is 2. The van der Waals surface area contributed by atoms with Crippen LogP contribution in [0.2, 0.25) is 0 Å². The number of hydrogen-bond acceptors (Lipinski definition) is 4. The molecule has 1 N–H and O–H groups in total. The van der Waals surface area contributed by atoms with Crippen molar-refractivity contribution in [3.63, 3.8) is 0 Å². The van der Waals surface area contributed by atoms with Crippen LogP contribution in [-0.4, -0.2) is 34.0 Å². The van der Waals surface area contributed by atoms with E-state index in [1.165, 1.54) is 0 Å². The first-order chi connectivity index (χ1) is 9.33. The first-order valence-electron chi connectivity index (χ1n) is 6.25. The molecule has 0 saturated carbocycles. The Kier molecular flexibility index (Phi) is 7.48. The van der Waals surface area contributed by atoms with Crippen molar-refractivity contribution in [2.24, 2.45) is 0 Å². The summed E-state index contributed by atoms with van der Waals surface area (Å²) in [5.41, 5.74) is 1.03. The van der Waals surface area contributed by atoms with Crippen LogP contribution in [0, 0.1) is 12.3 Å². The largest absolute Gasteiger partial charge is 0.493 e. The average molecular weight is 263 g/mol. The molecule has 0 radical (unpaired) electrons. The average Bonchev–Trinajstić information content (AvgIpc) is 2.45. The van der Waals surface area contributed by atoms with Crippen LogP contribution >= 0.6 is 0 Å². The lowest BCUT2D eigenvalue weighted by Gasteiger charge is -2.14. The van der Waals surface area contributed by atoms with Gasteiger partial charge in [0.15, 0.2) is 11.5 Å². The van der Waals surface area contributed by atoms with Gasteiger partial charge in [-0.3, -0.25) is 0 Å². The van der Waals surface area contributed by atoms with Gasteiger partial charge < -0.3 is 19.5 Å². The van der Waals surface area contributed by atoms with Crippen molar-refractivity contribution in [3.8, 4) is 23.8 Å². The fourth-order valence-electron chi connectivity index (χ4n) is 1.70. The van der Waals surface area contributed by atoms with E-state index in [1.807, 2.05) is 18.2 Å². The maximum atomic E-state index is 5.56. The highest BCUT2D eigenvalue weighted by Crippen LogP contribution is 2.30. The van der Waals surface area contributed by atoms with E-state index >= 15 is 0 Å². The summed E-state index contributed by atoms with van der Waals surface area (Å²) in [5.74, 6) is 3.87. The second-order valence-electron chi connectivity index (χ2n) is 3.96. The van der Waals surface area contributed by atoms with Crippen molar-refractivity contribution in [1.29, 1.82) is 0 Å². The predicted octanol–water partition coefficient (Wildman–Crippen LogP) is 1.83. The first-order valence-corrected chi connectivity index (χ1v) is 6.25. The Bertz CT molecular complexity index is 412. The van der Waals surface area contributed by atoms with E-state index in [4.69, 9.17) is 20.6 Å². The molecule has 0 atom stereocenters. The SMILES string of the molecule is C#CCOc1c(CNCCCOC)cccc1OC. The molecule has 0 amide bonds. The highest BCUT2D eigenvalue weighted by atomic mass is 16.5. The van der Waals surface area contributed by atoms with Gasteiger partial charge in [0.05, 0.1) is 7.11 Å². The lowest BCUT2D eigenvalue weighted by Crippen LogP contribution is -2.17. The van der Waals surface area contributed by atoms with Crippen molar-refractivity contribution in [2.45, 2.75) is 13.0 Å². The summed E-state index contributed by atoms with van der Waals surface area (Å²) in [6.07, 6.45) is 6.20. The van der Waals surface area contributed by atoms with Gasteiger partial charge in [-0.05, 0) is 19.0 Å². The Morgan fingerprint density at radius 1 is 1.32 bits per heavy atom. The van der Waals surface area contributed by atoms with Gasteiger partial charge in [0.1, 0.15) is 6.61 Å². The minimum Gasteiger partial charge on any atom is -0.493 e. The van der Waals surface area contributed by atoms with Crippen molar-refractivity contribution in [3.05, 3.63) is 23.8 Å². The van der Waals surface area contributed by atoms with Crippen molar-refractivity contribution in [2.75, 3.05) is 34.0 Å². The molecular formula is C15H21NO3. The molecule has 0 bridgehead atoms. The first kappa shape index (κ1) is 15.4. The van der Waals surface area contributed by atoms with Gasteiger partial charge in [0.25, 0.3) is 0 Å². The highest BCUT2D eigenvalue weighted by molar-refractivity contribution is 5.46. The van der Waals surface area contributed by atoms with Gasteiger partial charge in [-0.15, -0.1) is 6.42 Å². The van der Waals surface area contributed by atoms with Crippen LogP contribution in [0.4, 0.5) is 0 Å². The van der Waals surface area contributed by atoms with E-state index < -0.39 is 0 Å². The van der Waals surface area contributed by atoms with Crippen LogP contribution in [0.1, 0.15) is 12.0 Å². The molecule has 0 aliphatic carbocycles. The van der Waals surface area contributed by atoms with Crippen LogP contribution in [0.3, 0.4) is 0 Å². The second-order valence-corrected chi connectivity index (χ2v) is 3.96. The normalized spacial score (nSPS) is 9.95. The van der Waals surface area contributed by atoms with Gasteiger partial charge in [0.2, 0.25) is 0 Å². The number of rotatable bonds is 9. The van der Waals surface area contributed by atoms with E-state index in [-0.39, 0.29) is 6.61 Å². The lowest BCUT2D eigenvalue weighted by molar-refractivity contribution is 0.194. The summed E-state index contributed by atoms with van der Waals surface area (Å²) in [6, 6.07) is 5.80. The molecule has 0 aliphatic rings. The van der Waals surface area contributed by atoms with Crippen LogP contribution < -0.4 is 14.8 Å². The second kappa shape index (κ2) is 9.26. The summed E-state index contributed by atoms with van der Waals surface area (Å²) in [4.78, 5) is 0. The topological polar surface area (TPSA) is 39.7 Å². The number of para-hydroxylation sites is 1. The van der Waals surface area contributed by atoms with Crippen LogP contribution in [0.5, 0.6) is 11.5 Å².